The molecule has 0 bridgehead atoms. The van der Waals surface area contributed by atoms with Gasteiger partial charge in [0.05, 0.1) is 5.92 Å². The molecular formula is C25H23N5O3. The minimum Gasteiger partial charge on any atom is -0.416 e. The molecule has 8 heteroatoms. The maximum Gasteiger partial charge on any atom is 0.253 e. The summed E-state index contributed by atoms with van der Waals surface area (Å²) in [6.07, 6.45) is 3.11. The Morgan fingerprint density at radius 1 is 0.970 bits per heavy atom. The quantitative estimate of drug-likeness (QED) is 0.446. The lowest BCUT2D eigenvalue weighted by Crippen LogP contribution is -2.28. The van der Waals surface area contributed by atoms with Crippen LogP contribution in [0.4, 0.5) is 0 Å². The van der Waals surface area contributed by atoms with E-state index in [-0.39, 0.29) is 11.8 Å². The molecule has 1 aliphatic heterocycles. The van der Waals surface area contributed by atoms with Crippen LogP contribution in [0.15, 0.2) is 57.5 Å². The van der Waals surface area contributed by atoms with Crippen molar-refractivity contribution in [3.05, 3.63) is 71.4 Å². The van der Waals surface area contributed by atoms with Gasteiger partial charge in [0.2, 0.25) is 17.7 Å². The maximum absolute atomic E-state index is 13.0. The van der Waals surface area contributed by atoms with Crippen LogP contribution in [-0.4, -0.2) is 44.2 Å². The molecule has 0 N–H and O–H groups in total. The van der Waals surface area contributed by atoms with Crippen molar-refractivity contribution in [3.63, 3.8) is 0 Å². The fraction of sp³-hybridized carbons (Fsp3) is 0.320. The number of amides is 1. The molecule has 1 saturated carbocycles. The number of nitrogens with zero attached hydrogens (tertiary/aromatic N) is 5. The Kier molecular flexibility index (Phi) is 4.78. The van der Waals surface area contributed by atoms with Gasteiger partial charge in [-0.25, -0.2) is 0 Å². The summed E-state index contributed by atoms with van der Waals surface area (Å²) in [7, 11) is 0. The number of hydrogen-bond acceptors (Lipinski definition) is 7. The predicted octanol–water partition coefficient (Wildman–Crippen LogP) is 4.60. The van der Waals surface area contributed by atoms with E-state index in [2.05, 4.69) is 20.3 Å². The molecule has 0 unspecified atom stereocenters. The van der Waals surface area contributed by atoms with Gasteiger partial charge in [-0.05, 0) is 62.6 Å². The summed E-state index contributed by atoms with van der Waals surface area (Å²) in [6.45, 7) is 3.29. The fourth-order valence-corrected chi connectivity index (χ4v) is 4.24. The third-order valence-electron chi connectivity index (χ3n) is 6.29. The van der Waals surface area contributed by atoms with Gasteiger partial charge in [0.1, 0.15) is 0 Å². The molecule has 4 aromatic rings. The smallest absolute Gasteiger partial charge is 0.253 e. The van der Waals surface area contributed by atoms with E-state index in [0.717, 1.165) is 41.8 Å². The number of rotatable bonds is 5. The summed E-state index contributed by atoms with van der Waals surface area (Å²) < 4.78 is 11.3. The van der Waals surface area contributed by atoms with Crippen LogP contribution in [-0.2, 0) is 0 Å². The van der Waals surface area contributed by atoms with Crippen LogP contribution in [0, 0.1) is 6.92 Å². The lowest BCUT2D eigenvalue weighted by Gasteiger charge is -2.15. The highest BCUT2D eigenvalue weighted by atomic mass is 16.5. The first-order valence-corrected chi connectivity index (χ1v) is 11.3. The second kappa shape index (κ2) is 7.95. The molecular weight excluding hydrogens is 418 g/mol. The normalized spacial score (nSPS) is 18.1. The Bertz CT molecular complexity index is 1310. The molecule has 1 aliphatic carbocycles. The molecule has 33 heavy (non-hydrogen) atoms. The van der Waals surface area contributed by atoms with Crippen molar-refractivity contribution in [2.24, 2.45) is 0 Å². The van der Waals surface area contributed by atoms with Crippen molar-refractivity contribution in [2.75, 3.05) is 13.1 Å². The molecule has 8 nitrogen and oxygen atoms in total. The monoisotopic (exact) mass is 441 g/mol. The average molecular weight is 441 g/mol. The van der Waals surface area contributed by atoms with Crippen LogP contribution >= 0.6 is 0 Å². The third kappa shape index (κ3) is 3.92. The average Bonchev–Trinajstić information content (AvgIpc) is 3.25. The first kappa shape index (κ1) is 19.8. The van der Waals surface area contributed by atoms with E-state index in [1.807, 2.05) is 48.2 Å². The van der Waals surface area contributed by atoms with Gasteiger partial charge >= 0.3 is 0 Å². The van der Waals surface area contributed by atoms with Crippen LogP contribution < -0.4 is 0 Å². The molecule has 1 saturated heterocycles. The number of likely N-dealkylation sites (tertiary alicyclic amines) is 1. The maximum atomic E-state index is 13.0. The zero-order valence-corrected chi connectivity index (χ0v) is 18.3. The highest BCUT2D eigenvalue weighted by Crippen LogP contribution is 2.39. The van der Waals surface area contributed by atoms with Crippen molar-refractivity contribution in [2.45, 2.75) is 38.0 Å². The van der Waals surface area contributed by atoms with E-state index < -0.39 is 0 Å². The number of carbonyl (C=O) groups excluding carboxylic acids is 1. The molecule has 166 valence electrons. The molecule has 6 rings (SSSR count). The van der Waals surface area contributed by atoms with Crippen molar-refractivity contribution >= 4 is 5.91 Å². The number of aromatic nitrogens is 4. The predicted molar refractivity (Wildman–Crippen MR) is 119 cm³/mol. The van der Waals surface area contributed by atoms with E-state index >= 15 is 0 Å². The molecule has 2 fully saturated rings. The number of carbonyl (C=O) groups is 1. The van der Waals surface area contributed by atoms with E-state index in [4.69, 9.17) is 8.94 Å². The van der Waals surface area contributed by atoms with E-state index in [0.29, 0.717) is 42.2 Å². The Morgan fingerprint density at radius 2 is 1.76 bits per heavy atom. The summed E-state index contributed by atoms with van der Waals surface area (Å²) in [4.78, 5) is 19.4. The summed E-state index contributed by atoms with van der Waals surface area (Å²) in [5, 5.41) is 12.4. The van der Waals surface area contributed by atoms with Crippen LogP contribution in [0.3, 0.4) is 0 Å². The Hall–Kier alpha value is -3.81. The lowest BCUT2D eigenvalue weighted by atomic mass is 10.1. The van der Waals surface area contributed by atoms with Crippen LogP contribution in [0.25, 0.3) is 22.9 Å². The fourth-order valence-electron chi connectivity index (χ4n) is 4.24. The zero-order chi connectivity index (χ0) is 22.4. The van der Waals surface area contributed by atoms with Crippen molar-refractivity contribution in [1.82, 2.24) is 25.2 Å². The summed E-state index contributed by atoms with van der Waals surface area (Å²) in [6, 6.07) is 15.2. The first-order chi connectivity index (χ1) is 16.1. The molecule has 2 aromatic carbocycles. The van der Waals surface area contributed by atoms with Gasteiger partial charge in [-0.3, -0.25) is 4.79 Å². The van der Waals surface area contributed by atoms with Gasteiger partial charge in [-0.15, -0.1) is 10.2 Å². The molecule has 2 aromatic heterocycles. The minimum atomic E-state index is -0.00281. The Balaban J connectivity index is 1.13. The third-order valence-corrected chi connectivity index (χ3v) is 6.29. The van der Waals surface area contributed by atoms with Crippen molar-refractivity contribution in [1.29, 1.82) is 0 Å². The van der Waals surface area contributed by atoms with Crippen LogP contribution in [0.5, 0.6) is 0 Å². The highest BCUT2D eigenvalue weighted by Gasteiger charge is 2.34. The topological polar surface area (TPSA) is 98.2 Å². The van der Waals surface area contributed by atoms with Crippen LogP contribution in [0.1, 0.15) is 58.7 Å². The molecule has 1 atom stereocenters. The Labute approximate surface area is 190 Å². The second-order valence-electron chi connectivity index (χ2n) is 8.86. The summed E-state index contributed by atoms with van der Waals surface area (Å²) in [5.41, 5.74) is 3.41. The molecule has 0 radical (unpaired) electrons. The van der Waals surface area contributed by atoms with Gasteiger partial charge in [-0.2, -0.15) is 4.98 Å². The molecule has 2 aliphatic rings. The van der Waals surface area contributed by atoms with Gasteiger partial charge in [0.25, 0.3) is 5.91 Å². The SMILES string of the molecule is Cc1cccc(-c2nnc(-c3ccc(C(=O)N4CC[C@@H](c5nc(C6CC6)no5)C4)cc3)o2)c1. The lowest BCUT2D eigenvalue weighted by molar-refractivity contribution is 0.0789. The number of hydrogen-bond donors (Lipinski definition) is 0. The Morgan fingerprint density at radius 3 is 2.52 bits per heavy atom. The van der Waals surface area contributed by atoms with E-state index in [9.17, 15) is 4.79 Å². The minimum absolute atomic E-state index is 0.00281. The van der Waals surface area contributed by atoms with Crippen molar-refractivity contribution < 1.29 is 13.7 Å². The molecule has 1 amide bonds. The van der Waals surface area contributed by atoms with E-state index in [1.165, 1.54) is 0 Å². The van der Waals surface area contributed by atoms with Crippen molar-refractivity contribution in [3.8, 4) is 22.9 Å². The first-order valence-electron chi connectivity index (χ1n) is 11.3. The zero-order valence-electron chi connectivity index (χ0n) is 18.3. The highest BCUT2D eigenvalue weighted by molar-refractivity contribution is 5.94. The number of benzene rings is 2. The standard InChI is InChI=1S/C25H23N5O3/c1-15-3-2-4-19(13-15)24-28-27-23(32-24)17-7-9-18(10-8-17)25(31)30-12-11-20(14-30)22-26-21(29-33-22)16-5-6-16/h2-4,7-10,13,16,20H,5-6,11-12,14H2,1H3/t20-/m1/s1. The van der Waals surface area contributed by atoms with Gasteiger partial charge in [-0.1, -0.05) is 22.9 Å². The summed E-state index contributed by atoms with van der Waals surface area (Å²) in [5.74, 6) is 2.94. The van der Waals surface area contributed by atoms with Gasteiger partial charge in [0.15, 0.2) is 5.82 Å². The number of aryl methyl sites for hydroxylation is 1. The summed E-state index contributed by atoms with van der Waals surface area (Å²) >= 11 is 0. The van der Waals surface area contributed by atoms with Gasteiger partial charge < -0.3 is 13.8 Å². The molecule has 0 spiro atoms. The van der Waals surface area contributed by atoms with Gasteiger partial charge in [0, 0.05) is 35.7 Å². The largest absolute Gasteiger partial charge is 0.416 e. The van der Waals surface area contributed by atoms with E-state index in [1.54, 1.807) is 12.1 Å². The second-order valence-corrected chi connectivity index (χ2v) is 8.86. The van der Waals surface area contributed by atoms with Crippen LogP contribution in [0.2, 0.25) is 0 Å². The molecule has 3 heterocycles.